The van der Waals surface area contributed by atoms with Crippen LogP contribution in [-0.4, -0.2) is 19.5 Å². The largest absolute Gasteiger partial charge is 0.347 e. The third-order valence-corrected chi connectivity index (χ3v) is 3.35. The molecule has 22 heavy (non-hydrogen) atoms. The molecule has 1 aromatic carbocycles. The highest BCUT2D eigenvalue weighted by Crippen LogP contribution is 2.16. The van der Waals surface area contributed by atoms with Gasteiger partial charge in [0.2, 0.25) is 5.95 Å². The Hall–Kier alpha value is -2.54. The molecule has 0 spiro atoms. The van der Waals surface area contributed by atoms with Crippen molar-refractivity contribution in [1.82, 2.24) is 19.5 Å². The van der Waals surface area contributed by atoms with Gasteiger partial charge in [0, 0.05) is 30.5 Å². The molecule has 7 heteroatoms. The van der Waals surface area contributed by atoms with Crippen LogP contribution in [0.4, 0.5) is 11.6 Å². The highest BCUT2D eigenvalue weighted by molar-refractivity contribution is 9.10. The van der Waals surface area contributed by atoms with Gasteiger partial charge in [0.05, 0.1) is 11.0 Å². The molecular formula is C15H12BrN5O. The van der Waals surface area contributed by atoms with Crippen molar-refractivity contribution in [2.45, 2.75) is 6.54 Å². The molecule has 2 heterocycles. The Labute approximate surface area is 135 Å². The molecule has 3 aromatic rings. The van der Waals surface area contributed by atoms with Gasteiger partial charge in [0.25, 0.3) is 0 Å². The lowest BCUT2D eigenvalue weighted by molar-refractivity contribution is 0.727. The zero-order valence-corrected chi connectivity index (χ0v) is 13.1. The summed E-state index contributed by atoms with van der Waals surface area (Å²) in [5, 5.41) is 3.13. The number of rotatable bonds is 4. The summed E-state index contributed by atoms with van der Waals surface area (Å²) >= 11 is 3.30. The number of nitrogens with zero attached hydrogens (tertiary/aromatic N) is 4. The quantitative estimate of drug-likeness (QED) is 0.776. The van der Waals surface area contributed by atoms with E-state index in [0.29, 0.717) is 12.5 Å². The normalized spacial score (nSPS) is 10.4. The third-order valence-electron chi connectivity index (χ3n) is 2.94. The molecule has 0 aliphatic carbocycles. The van der Waals surface area contributed by atoms with E-state index in [4.69, 9.17) is 0 Å². The predicted molar refractivity (Wildman–Crippen MR) is 87.1 cm³/mol. The second-order valence-corrected chi connectivity index (χ2v) is 5.50. The molecule has 0 aliphatic heterocycles. The van der Waals surface area contributed by atoms with E-state index in [9.17, 15) is 4.79 Å². The van der Waals surface area contributed by atoms with Crippen LogP contribution in [0.25, 0.3) is 0 Å². The van der Waals surface area contributed by atoms with E-state index in [1.54, 1.807) is 29.2 Å². The Bertz CT molecular complexity index is 832. The van der Waals surface area contributed by atoms with Gasteiger partial charge in [-0.1, -0.05) is 12.1 Å². The topological polar surface area (TPSA) is 72.7 Å². The van der Waals surface area contributed by atoms with Gasteiger partial charge in [-0.15, -0.1) is 0 Å². The van der Waals surface area contributed by atoms with Gasteiger partial charge in [-0.2, -0.15) is 0 Å². The summed E-state index contributed by atoms with van der Waals surface area (Å²) in [5.41, 5.74) is 1.58. The lowest BCUT2D eigenvalue weighted by Gasteiger charge is -2.08. The molecule has 2 aromatic heterocycles. The van der Waals surface area contributed by atoms with Crippen LogP contribution in [0.5, 0.6) is 0 Å². The van der Waals surface area contributed by atoms with Gasteiger partial charge >= 0.3 is 5.69 Å². The van der Waals surface area contributed by atoms with Crippen molar-refractivity contribution in [3.63, 3.8) is 0 Å². The standard InChI is InChI=1S/C15H12BrN5O/c16-12-8-18-14(19-9-12)20-13-4-1-3-11(7-13)10-21-6-2-5-17-15(21)22/h1-9H,10H2,(H,18,19,20). The molecular weight excluding hydrogens is 346 g/mol. The number of hydrogen-bond acceptors (Lipinski definition) is 5. The summed E-state index contributed by atoms with van der Waals surface area (Å²) in [7, 11) is 0. The highest BCUT2D eigenvalue weighted by atomic mass is 79.9. The molecule has 0 atom stereocenters. The molecule has 0 unspecified atom stereocenters. The highest BCUT2D eigenvalue weighted by Gasteiger charge is 2.01. The van der Waals surface area contributed by atoms with E-state index in [1.807, 2.05) is 24.3 Å². The predicted octanol–water partition coefficient (Wildman–Crippen LogP) is 2.59. The molecule has 0 amide bonds. The first kappa shape index (κ1) is 14.4. The number of hydrogen-bond donors (Lipinski definition) is 1. The van der Waals surface area contributed by atoms with Crippen molar-refractivity contribution < 1.29 is 0 Å². The summed E-state index contributed by atoms with van der Waals surface area (Å²) in [6, 6.07) is 9.47. The van der Waals surface area contributed by atoms with Crippen molar-refractivity contribution in [1.29, 1.82) is 0 Å². The van der Waals surface area contributed by atoms with Crippen LogP contribution < -0.4 is 11.0 Å². The second kappa shape index (κ2) is 6.48. The van der Waals surface area contributed by atoms with Crippen LogP contribution in [0.2, 0.25) is 0 Å². The van der Waals surface area contributed by atoms with Crippen LogP contribution in [0.3, 0.4) is 0 Å². The van der Waals surface area contributed by atoms with Crippen molar-refractivity contribution >= 4 is 27.6 Å². The van der Waals surface area contributed by atoms with E-state index in [0.717, 1.165) is 15.7 Å². The Kier molecular flexibility index (Phi) is 4.24. The van der Waals surface area contributed by atoms with Crippen LogP contribution in [0, 0.1) is 0 Å². The average molecular weight is 358 g/mol. The molecule has 0 saturated heterocycles. The van der Waals surface area contributed by atoms with E-state index in [2.05, 4.69) is 36.2 Å². The number of aromatic nitrogens is 4. The third kappa shape index (κ3) is 3.56. The van der Waals surface area contributed by atoms with Crippen molar-refractivity contribution in [2.24, 2.45) is 0 Å². The van der Waals surface area contributed by atoms with Crippen LogP contribution in [0.15, 0.2) is 64.4 Å². The number of benzene rings is 1. The molecule has 3 rings (SSSR count). The van der Waals surface area contributed by atoms with E-state index in [1.165, 1.54) is 6.20 Å². The summed E-state index contributed by atoms with van der Waals surface area (Å²) in [6.07, 6.45) is 6.55. The maximum Gasteiger partial charge on any atom is 0.347 e. The van der Waals surface area contributed by atoms with E-state index in [-0.39, 0.29) is 5.69 Å². The fraction of sp³-hybridized carbons (Fsp3) is 0.0667. The Morgan fingerprint density at radius 2 is 1.95 bits per heavy atom. The van der Waals surface area contributed by atoms with Gasteiger partial charge in [0.1, 0.15) is 0 Å². The summed E-state index contributed by atoms with van der Waals surface area (Å²) < 4.78 is 2.37. The minimum atomic E-state index is -0.267. The number of anilines is 2. The minimum absolute atomic E-state index is 0.267. The zero-order valence-electron chi connectivity index (χ0n) is 11.5. The maximum atomic E-state index is 11.6. The second-order valence-electron chi connectivity index (χ2n) is 4.58. The monoisotopic (exact) mass is 357 g/mol. The van der Waals surface area contributed by atoms with Gasteiger partial charge in [-0.05, 0) is 39.7 Å². The molecule has 6 nitrogen and oxygen atoms in total. The fourth-order valence-corrected chi connectivity index (χ4v) is 2.16. The molecule has 0 aliphatic rings. The molecule has 0 fully saturated rings. The van der Waals surface area contributed by atoms with Gasteiger partial charge in [0.15, 0.2) is 0 Å². The Morgan fingerprint density at radius 3 is 2.73 bits per heavy atom. The van der Waals surface area contributed by atoms with E-state index >= 15 is 0 Å². The van der Waals surface area contributed by atoms with Crippen molar-refractivity contribution in [3.8, 4) is 0 Å². The summed E-state index contributed by atoms with van der Waals surface area (Å²) in [6.45, 7) is 0.462. The first-order chi connectivity index (χ1) is 10.7. The average Bonchev–Trinajstić information content (AvgIpc) is 2.52. The Morgan fingerprint density at radius 1 is 1.14 bits per heavy atom. The summed E-state index contributed by atoms with van der Waals surface area (Å²) in [4.78, 5) is 23.7. The van der Waals surface area contributed by atoms with E-state index < -0.39 is 0 Å². The summed E-state index contributed by atoms with van der Waals surface area (Å²) in [5.74, 6) is 0.513. The molecule has 0 bridgehead atoms. The van der Waals surface area contributed by atoms with Crippen molar-refractivity contribution in [2.75, 3.05) is 5.32 Å². The van der Waals surface area contributed by atoms with Crippen LogP contribution in [0.1, 0.15) is 5.56 Å². The first-order valence-electron chi connectivity index (χ1n) is 6.56. The minimum Gasteiger partial charge on any atom is -0.324 e. The molecule has 0 radical (unpaired) electrons. The van der Waals surface area contributed by atoms with Gasteiger partial charge < -0.3 is 5.32 Å². The molecule has 0 saturated carbocycles. The SMILES string of the molecule is O=c1ncccn1Cc1cccc(Nc2ncc(Br)cn2)c1. The fourth-order valence-electron chi connectivity index (χ4n) is 1.96. The molecule has 110 valence electrons. The smallest absolute Gasteiger partial charge is 0.324 e. The van der Waals surface area contributed by atoms with Crippen molar-refractivity contribution in [3.05, 3.63) is 75.6 Å². The van der Waals surface area contributed by atoms with Crippen LogP contribution in [-0.2, 0) is 6.54 Å². The van der Waals surface area contributed by atoms with Crippen LogP contribution >= 0.6 is 15.9 Å². The lowest BCUT2D eigenvalue weighted by Crippen LogP contribution is -2.21. The first-order valence-corrected chi connectivity index (χ1v) is 7.35. The molecule has 1 N–H and O–H groups in total. The van der Waals surface area contributed by atoms with Gasteiger partial charge in [-0.25, -0.2) is 19.7 Å². The number of nitrogens with one attached hydrogen (secondary N) is 1. The zero-order chi connectivity index (χ0) is 15.4. The number of halogens is 1. The lowest BCUT2D eigenvalue weighted by atomic mass is 10.2. The van der Waals surface area contributed by atoms with Gasteiger partial charge in [-0.3, -0.25) is 4.57 Å². The Balaban J connectivity index is 1.79. The maximum absolute atomic E-state index is 11.6.